The molecule has 31 heavy (non-hydrogen) atoms. The highest BCUT2D eigenvalue weighted by Gasteiger charge is 2.29. The number of nitrogens with one attached hydrogen (secondary N) is 1. The number of amides is 1. The maximum Gasteiger partial charge on any atom is 0.270 e. The molecule has 0 radical (unpaired) electrons. The minimum Gasteiger partial charge on any atom is -0.346 e. The average molecular weight is 438 g/mol. The molecule has 162 valence electrons. The molecule has 8 nitrogen and oxygen atoms in total. The molecule has 1 aliphatic carbocycles. The maximum atomic E-state index is 13.0. The van der Waals surface area contributed by atoms with Crippen LogP contribution >= 0.6 is 11.3 Å². The van der Waals surface area contributed by atoms with Gasteiger partial charge in [-0.3, -0.25) is 9.48 Å². The van der Waals surface area contributed by atoms with Crippen molar-refractivity contribution in [3.05, 3.63) is 39.9 Å². The molecule has 0 saturated carbocycles. The number of rotatable bonds is 4. The summed E-state index contributed by atoms with van der Waals surface area (Å²) in [6.45, 7) is 5.55. The Morgan fingerprint density at radius 3 is 2.87 bits per heavy atom. The van der Waals surface area contributed by atoms with Gasteiger partial charge in [-0.1, -0.05) is 0 Å². The summed E-state index contributed by atoms with van der Waals surface area (Å²) < 4.78 is 1.75. The van der Waals surface area contributed by atoms with Crippen LogP contribution in [0.25, 0.3) is 10.6 Å². The summed E-state index contributed by atoms with van der Waals surface area (Å²) in [5.74, 6) is 0.688. The van der Waals surface area contributed by atoms with Crippen molar-refractivity contribution in [2.75, 3.05) is 18.0 Å². The highest BCUT2D eigenvalue weighted by Crippen LogP contribution is 2.29. The zero-order valence-corrected chi connectivity index (χ0v) is 19.0. The number of hydrogen-bond acceptors (Lipinski definition) is 7. The third kappa shape index (κ3) is 3.82. The van der Waals surface area contributed by atoms with Crippen molar-refractivity contribution in [1.82, 2.24) is 30.0 Å². The number of carbonyl (C=O) groups is 1. The Balaban J connectivity index is 1.29. The van der Waals surface area contributed by atoms with Gasteiger partial charge in [-0.2, -0.15) is 5.10 Å². The molecule has 3 aromatic heterocycles. The summed E-state index contributed by atoms with van der Waals surface area (Å²) >= 11 is 1.65. The molecular weight excluding hydrogens is 410 g/mol. The molecule has 1 saturated heterocycles. The lowest BCUT2D eigenvalue weighted by Crippen LogP contribution is -2.38. The van der Waals surface area contributed by atoms with Crippen LogP contribution in [-0.4, -0.2) is 49.8 Å². The van der Waals surface area contributed by atoms with Crippen LogP contribution in [0.3, 0.4) is 0 Å². The van der Waals surface area contributed by atoms with Crippen LogP contribution in [-0.2, 0) is 19.9 Å². The second kappa shape index (κ2) is 8.03. The van der Waals surface area contributed by atoms with Crippen LogP contribution in [0.1, 0.15) is 51.7 Å². The quantitative estimate of drug-likeness (QED) is 0.675. The molecule has 9 heteroatoms. The lowest BCUT2D eigenvalue weighted by atomic mass is 9.95. The van der Waals surface area contributed by atoms with E-state index >= 15 is 0 Å². The van der Waals surface area contributed by atoms with Gasteiger partial charge in [0.1, 0.15) is 5.69 Å². The lowest BCUT2D eigenvalue weighted by Gasteiger charge is -2.18. The monoisotopic (exact) mass is 437 g/mol. The Kier molecular flexibility index (Phi) is 5.21. The van der Waals surface area contributed by atoms with Crippen LogP contribution in [0, 0.1) is 13.8 Å². The molecular formula is C22H27N7OS. The van der Waals surface area contributed by atoms with Crippen molar-refractivity contribution in [1.29, 1.82) is 0 Å². The van der Waals surface area contributed by atoms with Crippen LogP contribution in [0.2, 0.25) is 0 Å². The van der Waals surface area contributed by atoms with Gasteiger partial charge in [-0.15, -0.1) is 11.3 Å². The normalized spacial score (nSPS) is 18.3. The van der Waals surface area contributed by atoms with E-state index in [1.54, 1.807) is 22.2 Å². The van der Waals surface area contributed by atoms with Crippen molar-refractivity contribution < 1.29 is 4.79 Å². The van der Waals surface area contributed by atoms with Crippen molar-refractivity contribution >= 4 is 23.2 Å². The van der Waals surface area contributed by atoms with Gasteiger partial charge in [-0.05, 0) is 52.0 Å². The Morgan fingerprint density at radius 2 is 2.06 bits per heavy atom. The van der Waals surface area contributed by atoms with Gasteiger partial charge in [0.25, 0.3) is 5.91 Å². The minimum absolute atomic E-state index is 0.0181. The predicted octanol–water partition coefficient (Wildman–Crippen LogP) is 2.84. The number of nitrogens with zero attached hydrogens (tertiary/aromatic N) is 6. The van der Waals surface area contributed by atoms with E-state index in [1.807, 2.05) is 27.0 Å². The molecule has 1 N–H and O–H groups in total. The predicted molar refractivity (Wildman–Crippen MR) is 121 cm³/mol. The van der Waals surface area contributed by atoms with Crippen LogP contribution in [0.15, 0.2) is 12.3 Å². The molecule has 2 aliphatic rings. The molecule has 5 rings (SSSR count). The minimum atomic E-state index is -0.0181. The number of carbonyl (C=O) groups excluding carboxylic acids is 1. The van der Waals surface area contributed by atoms with Crippen molar-refractivity contribution in [3.8, 4) is 10.6 Å². The molecule has 1 aliphatic heterocycles. The fraction of sp³-hybridized carbons (Fsp3) is 0.500. The summed E-state index contributed by atoms with van der Waals surface area (Å²) in [6.07, 6.45) is 6.88. The molecule has 4 heterocycles. The van der Waals surface area contributed by atoms with Gasteiger partial charge in [0, 0.05) is 37.9 Å². The summed E-state index contributed by atoms with van der Waals surface area (Å²) in [7, 11) is 1.87. The summed E-state index contributed by atoms with van der Waals surface area (Å²) in [4.78, 5) is 30.1. The van der Waals surface area contributed by atoms with Crippen LogP contribution < -0.4 is 10.2 Å². The lowest BCUT2D eigenvalue weighted by molar-refractivity contribution is 0.0929. The number of aromatic nitrogens is 5. The first kappa shape index (κ1) is 20.1. The Hall–Kier alpha value is -2.81. The molecule has 0 aromatic carbocycles. The van der Waals surface area contributed by atoms with E-state index in [1.165, 1.54) is 0 Å². The topological polar surface area (TPSA) is 88.8 Å². The van der Waals surface area contributed by atoms with Crippen molar-refractivity contribution in [2.24, 2.45) is 7.05 Å². The summed E-state index contributed by atoms with van der Waals surface area (Å²) in [5.41, 5.74) is 4.85. The first-order chi connectivity index (χ1) is 15.0. The molecule has 1 amide bonds. The zero-order chi connectivity index (χ0) is 21.5. The van der Waals surface area contributed by atoms with Crippen LogP contribution in [0.4, 0.5) is 5.95 Å². The van der Waals surface area contributed by atoms with E-state index in [-0.39, 0.29) is 11.9 Å². The number of thiazole rings is 1. The molecule has 0 spiro atoms. The number of hydrogen-bond donors (Lipinski definition) is 1. The highest BCUT2D eigenvalue weighted by molar-refractivity contribution is 7.15. The number of fused-ring (bicyclic) bond motifs is 1. The largest absolute Gasteiger partial charge is 0.346 e. The zero-order valence-electron chi connectivity index (χ0n) is 18.2. The van der Waals surface area contributed by atoms with Crippen LogP contribution in [0.5, 0.6) is 0 Å². The van der Waals surface area contributed by atoms with E-state index in [2.05, 4.69) is 25.3 Å². The molecule has 0 bridgehead atoms. The third-order valence-electron chi connectivity index (χ3n) is 6.12. The number of aryl methyl sites for hydroxylation is 4. The van der Waals surface area contributed by atoms with E-state index in [0.717, 1.165) is 76.9 Å². The Labute approximate surface area is 185 Å². The first-order valence-electron chi connectivity index (χ1n) is 10.9. The number of anilines is 1. The van der Waals surface area contributed by atoms with E-state index in [9.17, 15) is 4.79 Å². The second-order valence-electron chi connectivity index (χ2n) is 8.40. The smallest absolute Gasteiger partial charge is 0.270 e. The second-order valence-corrected chi connectivity index (χ2v) is 9.60. The SMILES string of the molecule is Cc1nc(C)c(-c2ccnc(N3CCC(NC(=O)c4c5c(nn4C)CCCC5)C3)n2)s1. The summed E-state index contributed by atoms with van der Waals surface area (Å²) in [6, 6.07) is 2.01. The van der Waals surface area contributed by atoms with Crippen molar-refractivity contribution in [2.45, 2.75) is 52.0 Å². The van der Waals surface area contributed by atoms with E-state index < -0.39 is 0 Å². The third-order valence-corrected chi connectivity index (χ3v) is 7.21. The van der Waals surface area contributed by atoms with Gasteiger partial charge >= 0.3 is 0 Å². The van der Waals surface area contributed by atoms with E-state index in [0.29, 0.717) is 12.5 Å². The molecule has 1 fully saturated rings. The highest BCUT2D eigenvalue weighted by atomic mass is 32.1. The van der Waals surface area contributed by atoms with Gasteiger partial charge in [0.05, 0.1) is 27.0 Å². The average Bonchev–Trinajstić information content (AvgIpc) is 3.44. The van der Waals surface area contributed by atoms with Crippen molar-refractivity contribution in [3.63, 3.8) is 0 Å². The molecule has 3 aromatic rings. The summed E-state index contributed by atoms with van der Waals surface area (Å²) in [5, 5.41) is 8.84. The maximum absolute atomic E-state index is 13.0. The molecule has 1 atom stereocenters. The van der Waals surface area contributed by atoms with Gasteiger partial charge < -0.3 is 10.2 Å². The Bertz CT molecular complexity index is 1140. The fourth-order valence-electron chi connectivity index (χ4n) is 4.67. The first-order valence-corrected chi connectivity index (χ1v) is 11.7. The van der Waals surface area contributed by atoms with Gasteiger partial charge in [0.2, 0.25) is 5.95 Å². The molecule has 1 unspecified atom stereocenters. The standard InChI is InChI=1S/C22H27N7OS/c1-13-20(31-14(2)24-13)18-8-10-23-22(26-18)29-11-9-15(12-29)25-21(30)19-16-6-4-5-7-17(16)27-28(19)3/h8,10,15H,4-7,9,11-12H2,1-3H3,(H,25,30). The van der Waals surface area contributed by atoms with Gasteiger partial charge in [0.15, 0.2) is 0 Å². The Morgan fingerprint density at radius 1 is 1.23 bits per heavy atom. The van der Waals surface area contributed by atoms with E-state index in [4.69, 9.17) is 4.98 Å². The fourth-order valence-corrected chi connectivity index (χ4v) is 5.56. The van der Waals surface area contributed by atoms with Gasteiger partial charge in [-0.25, -0.2) is 15.0 Å².